The monoisotopic (exact) mass is 431 g/mol. The van der Waals surface area contributed by atoms with Crippen molar-refractivity contribution in [3.63, 3.8) is 0 Å². The van der Waals surface area contributed by atoms with Crippen molar-refractivity contribution in [2.75, 3.05) is 39.3 Å². The van der Waals surface area contributed by atoms with Crippen molar-refractivity contribution in [2.24, 2.45) is 0 Å². The average molecular weight is 432 g/mol. The molecule has 0 bridgehead atoms. The number of H-pyrrole nitrogens is 1. The van der Waals surface area contributed by atoms with E-state index in [2.05, 4.69) is 14.8 Å². The second-order valence-corrected chi connectivity index (χ2v) is 8.29. The minimum Gasteiger partial charge on any atom is -0.491 e. The van der Waals surface area contributed by atoms with Gasteiger partial charge in [-0.3, -0.25) is 19.4 Å². The molecule has 0 aliphatic carbocycles. The van der Waals surface area contributed by atoms with Crippen molar-refractivity contribution < 1.29 is 14.3 Å². The minimum atomic E-state index is -0.233. The predicted octanol–water partition coefficient (Wildman–Crippen LogP) is 3.76. The Balaban J connectivity index is 1.51. The summed E-state index contributed by atoms with van der Waals surface area (Å²) < 4.78 is 5.78. The summed E-state index contributed by atoms with van der Waals surface area (Å²) in [4.78, 5) is 32.6. The number of Topliss-reactive ketones (excluding diaryl/α,β-unsaturated/α-hetero) is 2. The maximum atomic E-state index is 13.1. The number of carbonyl (C=O) groups excluding carboxylic acids is 2. The topological polar surface area (TPSA) is 65.6 Å². The van der Waals surface area contributed by atoms with Gasteiger partial charge in [-0.05, 0) is 45.4 Å². The highest BCUT2D eigenvalue weighted by molar-refractivity contribution is 6.32. The molecule has 1 aliphatic rings. The summed E-state index contributed by atoms with van der Waals surface area (Å²) in [5.41, 5.74) is 2.71. The van der Waals surface area contributed by atoms with E-state index < -0.39 is 0 Å². The Morgan fingerprint density at radius 1 is 1.17 bits per heavy atom. The van der Waals surface area contributed by atoms with Crippen LogP contribution >= 0.6 is 11.6 Å². The molecule has 0 amide bonds. The molecular weight excluding hydrogens is 402 g/mol. The Hall–Kier alpha value is -2.15. The summed E-state index contributed by atoms with van der Waals surface area (Å²) in [6, 6.07) is 7.25. The molecule has 1 N–H and O–H groups in total. The van der Waals surface area contributed by atoms with Crippen molar-refractivity contribution in [1.29, 1.82) is 0 Å². The van der Waals surface area contributed by atoms with Crippen LogP contribution in [0.1, 0.15) is 46.0 Å². The number of benzene rings is 1. The normalized spacial score (nSPS) is 16.4. The maximum Gasteiger partial charge on any atom is 0.196 e. The van der Waals surface area contributed by atoms with Gasteiger partial charge in [-0.25, -0.2) is 0 Å². The number of piperazine rings is 1. The number of nitrogens with one attached hydrogen (secondary N) is 1. The van der Waals surface area contributed by atoms with E-state index in [1.54, 1.807) is 0 Å². The molecule has 2 aromatic rings. The van der Waals surface area contributed by atoms with E-state index in [4.69, 9.17) is 16.3 Å². The number of carbonyl (C=O) groups is 2. The van der Waals surface area contributed by atoms with Crippen molar-refractivity contribution in [2.45, 2.75) is 33.7 Å². The number of ketones is 2. The van der Waals surface area contributed by atoms with Crippen LogP contribution in [0.3, 0.4) is 0 Å². The van der Waals surface area contributed by atoms with Crippen molar-refractivity contribution in [1.82, 2.24) is 14.8 Å². The van der Waals surface area contributed by atoms with Gasteiger partial charge in [-0.1, -0.05) is 23.7 Å². The quantitative estimate of drug-likeness (QED) is 0.645. The molecule has 1 fully saturated rings. The van der Waals surface area contributed by atoms with Crippen LogP contribution in [0.5, 0.6) is 5.75 Å². The molecule has 1 atom stereocenters. The molecule has 162 valence electrons. The lowest BCUT2D eigenvalue weighted by atomic mass is 10.0. The molecule has 1 unspecified atom stereocenters. The zero-order valence-corrected chi connectivity index (χ0v) is 18.9. The molecule has 2 heterocycles. The fourth-order valence-electron chi connectivity index (χ4n) is 4.12. The number of para-hydroxylation sites is 1. The number of hydrogen-bond donors (Lipinski definition) is 1. The summed E-state index contributed by atoms with van der Waals surface area (Å²) in [7, 11) is 0. The van der Waals surface area contributed by atoms with Crippen LogP contribution < -0.4 is 4.74 Å². The van der Waals surface area contributed by atoms with Gasteiger partial charge in [-0.2, -0.15) is 0 Å². The van der Waals surface area contributed by atoms with Crippen molar-refractivity contribution in [3.8, 4) is 5.75 Å². The van der Waals surface area contributed by atoms with Crippen LogP contribution in [0.2, 0.25) is 5.02 Å². The number of aromatic nitrogens is 1. The van der Waals surface area contributed by atoms with Crippen molar-refractivity contribution in [3.05, 3.63) is 51.8 Å². The van der Waals surface area contributed by atoms with Gasteiger partial charge in [0, 0.05) is 44.0 Å². The van der Waals surface area contributed by atoms with Crippen molar-refractivity contribution >= 4 is 23.2 Å². The maximum absolute atomic E-state index is 13.1. The molecule has 6 nitrogen and oxygen atoms in total. The Morgan fingerprint density at radius 2 is 1.83 bits per heavy atom. The van der Waals surface area contributed by atoms with E-state index >= 15 is 0 Å². The second-order valence-electron chi connectivity index (χ2n) is 7.88. The number of rotatable bonds is 8. The molecule has 30 heavy (non-hydrogen) atoms. The standard InChI is InChI=1S/C23H30ClN3O3/c1-15-21(18(4)28)16(2)25-22(15)23(29)17(3)27-11-9-26(10-12-27)13-14-30-20-8-6-5-7-19(20)24/h5-8,17,25H,9-14H2,1-4H3. The number of hydrogen-bond acceptors (Lipinski definition) is 5. The molecule has 0 saturated carbocycles. The van der Waals surface area contributed by atoms with Crippen LogP contribution in [-0.4, -0.2) is 71.7 Å². The van der Waals surface area contributed by atoms with Gasteiger partial charge in [-0.15, -0.1) is 0 Å². The van der Waals surface area contributed by atoms with Crippen LogP contribution in [0, 0.1) is 13.8 Å². The first-order chi connectivity index (χ1) is 14.3. The molecule has 1 aliphatic heterocycles. The van der Waals surface area contributed by atoms with Crippen LogP contribution in [0.15, 0.2) is 24.3 Å². The van der Waals surface area contributed by atoms with Crippen LogP contribution in [0.25, 0.3) is 0 Å². The summed E-state index contributed by atoms with van der Waals surface area (Å²) >= 11 is 6.12. The second kappa shape index (κ2) is 9.77. The molecule has 7 heteroatoms. The third-order valence-electron chi connectivity index (χ3n) is 5.87. The third-order valence-corrected chi connectivity index (χ3v) is 6.18. The summed E-state index contributed by atoms with van der Waals surface area (Å²) in [5.74, 6) is 0.734. The Morgan fingerprint density at radius 3 is 2.43 bits per heavy atom. The average Bonchev–Trinajstić information content (AvgIpc) is 3.03. The van der Waals surface area contributed by atoms with Gasteiger partial charge < -0.3 is 9.72 Å². The lowest BCUT2D eigenvalue weighted by Gasteiger charge is -2.37. The summed E-state index contributed by atoms with van der Waals surface area (Å²) in [6.07, 6.45) is 0. The Labute approximate surface area is 183 Å². The number of halogens is 1. The predicted molar refractivity (Wildman–Crippen MR) is 119 cm³/mol. The Bertz CT molecular complexity index is 916. The smallest absolute Gasteiger partial charge is 0.196 e. The highest BCUT2D eigenvalue weighted by atomic mass is 35.5. The van der Waals surface area contributed by atoms with Gasteiger partial charge >= 0.3 is 0 Å². The van der Waals surface area contributed by atoms with E-state index in [0.717, 1.165) is 44.0 Å². The first kappa shape index (κ1) is 22.5. The fraction of sp³-hybridized carbons (Fsp3) is 0.478. The molecule has 1 aromatic heterocycles. The van der Waals surface area contributed by atoms with E-state index in [1.165, 1.54) is 6.92 Å². The SMILES string of the molecule is CC(=O)c1c(C)[nH]c(C(=O)C(C)N2CCN(CCOc3ccccc3Cl)CC2)c1C. The third kappa shape index (κ3) is 4.94. The summed E-state index contributed by atoms with van der Waals surface area (Å²) in [5, 5.41) is 0.623. The Kier molecular flexibility index (Phi) is 7.34. The van der Waals surface area contributed by atoms with Gasteiger partial charge in [0.2, 0.25) is 0 Å². The first-order valence-corrected chi connectivity index (χ1v) is 10.8. The van der Waals surface area contributed by atoms with E-state index in [1.807, 2.05) is 45.0 Å². The summed E-state index contributed by atoms with van der Waals surface area (Å²) in [6.45, 7) is 12.0. The number of ether oxygens (including phenoxy) is 1. The molecule has 1 aromatic carbocycles. The lowest BCUT2D eigenvalue weighted by molar-refractivity contribution is 0.0669. The van der Waals surface area contributed by atoms with Gasteiger partial charge in [0.25, 0.3) is 0 Å². The van der Waals surface area contributed by atoms with E-state index in [0.29, 0.717) is 28.6 Å². The number of nitrogens with zero attached hydrogens (tertiary/aromatic N) is 2. The van der Waals surface area contributed by atoms with Crippen LogP contribution in [0.4, 0.5) is 0 Å². The lowest BCUT2D eigenvalue weighted by Crippen LogP contribution is -2.52. The molecule has 0 radical (unpaired) electrons. The largest absolute Gasteiger partial charge is 0.491 e. The van der Waals surface area contributed by atoms with Crippen LogP contribution in [-0.2, 0) is 0 Å². The van der Waals surface area contributed by atoms with E-state index in [-0.39, 0.29) is 17.6 Å². The fourth-order valence-corrected chi connectivity index (χ4v) is 4.31. The van der Waals surface area contributed by atoms with Gasteiger partial charge in [0.15, 0.2) is 11.6 Å². The van der Waals surface area contributed by atoms with Gasteiger partial charge in [0.05, 0.1) is 16.8 Å². The highest BCUT2D eigenvalue weighted by Gasteiger charge is 2.29. The highest BCUT2D eigenvalue weighted by Crippen LogP contribution is 2.23. The first-order valence-electron chi connectivity index (χ1n) is 10.4. The van der Waals surface area contributed by atoms with Gasteiger partial charge in [0.1, 0.15) is 12.4 Å². The minimum absolute atomic E-state index is 0.0134. The number of aromatic amines is 1. The molecule has 1 saturated heterocycles. The zero-order valence-electron chi connectivity index (χ0n) is 18.1. The van der Waals surface area contributed by atoms with E-state index in [9.17, 15) is 9.59 Å². The molecule has 3 rings (SSSR count). The zero-order chi connectivity index (χ0) is 21.8. The molecular formula is C23H30ClN3O3. The number of aryl methyl sites for hydroxylation is 1. The molecule has 0 spiro atoms.